The molecular formula is C15H23NO3. The molecule has 1 aromatic rings. The molecule has 0 bridgehead atoms. The topological polar surface area (TPSA) is 61.5 Å². The molecular weight excluding hydrogens is 242 g/mol. The van der Waals surface area contributed by atoms with Crippen LogP contribution in [0.25, 0.3) is 0 Å². The number of hydrogen-bond acceptors (Lipinski definition) is 4. The van der Waals surface area contributed by atoms with Gasteiger partial charge in [-0.05, 0) is 44.9 Å². The first-order chi connectivity index (χ1) is 8.87. The van der Waals surface area contributed by atoms with Crippen LogP contribution in [0.2, 0.25) is 0 Å². The van der Waals surface area contributed by atoms with Gasteiger partial charge in [-0.2, -0.15) is 0 Å². The summed E-state index contributed by atoms with van der Waals surface area (Å²) in [5.41, 5.74) is 7.23. The highest BCUT2D eigenvalue weighted by Crippen LogP contribution is 2.09. The van der Waals surface area contributed by atoms with Gasteiger partial charge in [-0.15, -0.1) is 0 Å². The van der Waals surface area contributed by atoms with Crippen molar-refractivity contribution in [2.24, 2.45) is 0 Å². The highest BCUT2D eigenvalue weighted by Gasteiger charge is 2.10. The van der Waals surface area contributed by atoms with Crippen molar-refractivity contribution >= 4 is 11.7 Å². The Morgan fingerprint density at radius 3 is 2.63 bits per heavy atom. The molecule has 0 aliphatic heterocycles. The van der Waals surface area contributed by atoms with Gasteiger partial charge in [0.2, 0.25) is 0 Å². The minimum atomic E-state index is -0.208. The van der Waals surface area contributed by atoms with Crippen molar-refractivity contribution in [3.8, 4) is 0 Å². The van der Waals surface area contributed by atoms with Gasteiger partial charge >= 0.3 is 5.97 Å². The van der Waals surface area contributed by atoms with Gasteiger partial charge in [0.1, 0.15) is 6.61 Å². The normalized spacial score (nSPS) is 11.3. The molecule has 19 heavy (non-hydrogen) atoms. The quantitative estimate of drug-likeness (QED) is 0.488. The Balaban J connectivity index is 2.18. The smallest absolute Gasteiger partial charge is 0.306 e. The van der Waals surface area contributed by atoms with E-state index in [1.807, 2.05) is 45.0 Å². The Hall–Kier alpha value is -1.55. The number of hydrogen-bond donors (Lipinski definition) is 1. The molecule has 1 aromatic carbocycles. The van der Waals surface area contributed by atoms with Crippen molar-refractivity contribution in [2.45, 2.75) is 39.2 Å². The predicted octanol–water partition coefficient (Wildman–Crippen LogP) is 2.56. The lowest BCUT2D eigenvalue weighted by Gasteiger charge is -2.19. The summed E-state index contributed by atoms with van der Waals surface area (Å²) < 4.78 is 10.6. The molecule has 0 saturated carbocycles. The summed E-state index contributed by atoms with van der Waals surface area (Å²) in [7, 11) is 0. The maximum atomic E-state index is 11.5. The van der Waals surface area contributed by atoms with Gasteiger partial charge in [-0.3, -0.25) is 4.79 Å². The van der Waals surface area contributed by atoms with E-state index < -0.39 is 0 Å². The number of ether oxygens (including phenoxy) is 2. The lowest BCUT2D eigenvalue weighted by Crippen LogP contribution is -2.22. The molecule has 0 unspecified atom stereocenters. The van der Waals surface area contributed by atoms with Crippen LogP contribution in [-0.4, -0.2) is 24.8 Å². The van der Waals surface area contributed by atoms with Crippen LogP contribution in [0.3, 0.4) is 0 Å². The van der Waals surface area contributed by atoms with Crippen LogP contribution in [0.5, 0.6) is 0 Å². The zero-order chi connectivity index (χ0) is 14.3. The van der Waals surface area contributed by atoms with Crippen molar-refractivity contribution in [3.63, 3.8) is 0 Å². The van der Waals surface area contributed by atoms with Crippen LogP contribution in [0.15, 0.2) is 24.3 Å². The summed E-state index contributed by atoms with van der Waals surface area (Å²) in [6.45, 7) is 6.62. The zero-order valence-electron chi connectivity index (χ0n) is 11.9. The summed E-state index contributed by atoms with van der Waals surface area (Å²) in [5.74, 6) is -0.208. The highest BCUT2D eigenvalue weighted by molar-refractivity contribution is 5.69. The minimum Gasteiger partial charge on any atom is -0.463 e. The van der Waals surface area contributed by atoms with Gasteiger partial charge in [0.25, 0.3) is 0 Å². The largest absolute Gasteiger partial charge is 0.463 e. The summed E-state index contributed by atoms with van der Waals surface area (Å²) in [4.78, 5) is 11.5. The van der Waals surface area contributed by atoms with Crippen LogP contribution in [-0.2, 0) is 20.7 Å². The Labute approximate surface area is 114 Å². The van der Waals surface area contributed by atoms with Crippen LogP contribution in [0.1, 0.15) is 32.8 Å². The number of carbonyl (C=O) groups excluding carboxylic acids is 1. The van der Waals surface area contributed by atoms with Crippen molar-refractivity contribution < 1.29 is 14.3 Å². The number of carbonyl (C=O) groups is 1. The van der Waals surface area contributed by atoms with E-state index in [1.54, 1.807) is 0 Å². The fraction of sp³-hybridized carbons (Fsp3) is 0.533. The Kier molecular flexibility index (Phi) is 5.83. The molecule has 4 nitrogen and oxygen atoms in total. The van der Waals surface area contributed by atoms with E-state index in [2.05, 4.69) is 0 Å². The van der Waals surface area contributed by atoms with E-state index in [9.17, 15) is 4.79 Å². The van der Waals surface area contributed by atoms with Gasteiger partial charge < -0.3 is 15.2 Å². The number of nitrogens with two attached hydrogens (primary N) is 1. The molecule has 4 heteroatoms. The maximum Gasteiger partial charge on any atom is 0.306 e. The van der Waals surface area contributed by atoms with Gasteiger partial charge in [0.15, 0.2) is 0 Å². The lowest BCUT2D eigenvalue weighted by atomic mass is 10.1. The third-order valence-corrected chi connectivity index (χ3v) is 2.45. The molecule has 0 atom stereocenters. The van der Waals surface area contributed by atoms with E-state index in [0.717, 1.165) is 5.56 Å². The third kappa shape index (κ3) is 7.47. The molecule has 0 spiro atoms. The van der Waals surface area contributed by atoms with Crippen molar-refractivity contribution in [1.82, 2.24) is 0 Å². The summed E-state index contributed by atoms with van der Waals surface area (Å²) in [6.07, 6.45) is 1.00. The molecule has 0 radical (unpaired) electrons. The molecule has 0 heterocycles. The van der Waals surface area contributed by atoms with Crippen LogP contribution in [0.4, 0.5) is 5.69 Å². The highest BCUT2D eigenvalue weighted by atomic mass is 16.6. The van der Waals surface area contributed by atoms with Crippen LogP contribution < -0.4 is 5.73 Å². The van der Waals surface area contributed by atoms with Gasteiger partial charge in [0.05, 0.1) is 12.2 Å². The minimum absolute atomic E-state index is 0.200. The zero-order valence-corrected chi connectivity index (χ0v) is 11.9. The molecule has 0 aromatic heterocycles. The first kappa shape index (κ1) is 15.5. The van der Waals surface area contributed by atoms with Gasteiger partial charge in [0, 0.05) is 12.1 Å². The van der Waals surface area contributed by atoms with E-state index in [0.29, 0.717) is 31.7 Å². The first-order valence-corrected chi connectivity index (χ1v) is 6.51. The van der Waals surface area contributed by atoms with E-state index >= 15 is 0 Å². The fourth-order valence-electron chi connectivity index (χ4n) is 1.57. The Morgan fingerprint density at radius 2 is 2.00 bits per heavy atom. The van der Waals surface area contributed by atoms with Crippen molar-refractivity contribution in [1.29, 1.82) is 0 Å². The van der Waals surface area contributed by atoms with E-state index in [1.165, 1.54) is 0 Å². The second kappa shape index (κ2) is 7.14. The Bertz CT molecular complexity index is 410. The van der Waals surface area contributed by atoms with Crippen molar-refractivity contribution in [3.05, 3.63) is 29.8 Å². The monoisotopic (exact) mass is 265 g/mol. The average Bonchev–Trinajstić information content (AvgIpc) is 2.31. The number of aryl methyl sites for hydroxylation is 1. The summed E-state index contributed by atoms with van der Waals surface area (Å²) in [5, 5.41) is 0. The fourth-order valence-corrected chi connectivity index (χ4v) is 1.57. The number of rotatable bonds is 6. The standard InChI is InChI=1S/C15H23NO3/c1-15(2,3)19-10-9-18-14(17)8-7-12-5-4-6-13(16)11-12/h4-6,11H,7-10,16H2,1-3H3. The van der Waals surface area contributed by atoms with Crippen LogP contribution >= 0.6 is 0 Å². The van der Waals surface area contributed by atoms with Crippen molar-refractivity contribution in [2.75, 3.05) is 18.9 Å². The molecule has 0 fully saturated rings. The van der Waals surface area contributed by atoms with E-state index in [-0.39, 0.29) is 11.6 Å². The molecule has 0 aliphatic rings. The predicted molar refractivity (Wildman–Crippen MR) is 75.8 cm³/mol. The molecule has 0 aliphatic carbocycles. The number of nitrogen functional groups attached to an aromatic ring is 1. The molecule has 0 amide bonds. The lowest BCUT2D eigenvalue weighted by molar-refractivity contribution is -0.146. The first-order valence-electron chi connectivity index (χ1n) is 6.51. The molecule has 106 valence electrons. The molecule has 0 saturated heterocycles. The SMILES string of the molecule is CC(C)(C)OCCOC(=O)CCc1cccc(N)c1. The summed E-state index contributed by atoms with van der Waals surface area (Å²) in [6, 6.07) is 7.53. The molecule has 1 rings (SSSR count). The van der Waals surface area contributed by atoms with Crippen LogP contribution in [0, 0.1) is 0 Å². The van der Waals surface area contributed by atoms with E-state index in [4.69, 9.17) is 15.2 Å². The second-order valence-electron chi connectivity index (χ2n) is 5.43. The Morgan fingerprint density at radius 1 is 1.26 bits per heavy atom. The molecule has 2 N–H and O–H groups in total. The summed E-state index contributed by atoms with van der Waals surface area (Å²) >= 11 is 0. The average molecular weight is 265 g/mol. The van der Waals surface area contributed by atoms with Gasteiger partial charge in [-0.1, -0.05) is 12.1 Å². The number of anilines is 1. The second-order valence-corrected chi connectivity index (χ2v) is 5.43. The van der Waals surface area contributed by atoms with Gasteiger partial charge in [-0.25, -0.2) is 0 Å². The number of benzene rings is 1. The number of esters is 1. The maximum absolute atomic E-state index is 11.5. The third-order valence-electron chi connectivity index (χ3n) is 2.45.